The SMILES string of the molecule is CC(C)NC(=O)N[C@@H](COC(=O)/C=C/C(=O)OC[C@H](NC(=O)NC(C)C)c1ccccc1)c1ccccc1. The van der Waals surface area contributed by atoms with Crippen LogP contribution < -0.4 is 21.3 Å². The minimum Gasteiger partial charge on any atom is -0.460 e. The van der Waals surface area contributed by atoms with Crippen molar-refractivity contribution in [2.24, 2.45) is 0 Å². The van der Waals surface area contributed by atoms with Gasteiger partial charge in [0, 0.05) is 24.2 Å². The molecule has 2 aromatic carbocycles. The fourth-order valence-corrected chi connectivity index (χ4v) is 3.30. The van der Waals surface area contributed by atoms with E-state index in [9.17, 15) is 19.2 Å². The van der Waals surface area contributed by atoms with E-state index in [0.717, 1.165) is 23.3 Å². The van der Waals surface area contributed by atoms with Crippen molar-refractivity contribution in [1.82, 2.24) is 21.3 Å². The molecule has 0 aliphatic carbocycles. The number of rotatable bonds is 12. The van der Waals surface area contributed by atoms with E-state index in [1.807, 2.05) is 64.1 Å². The first kappa shape index (κ1) is 29.9. The van der Waals surface area contributed by atoms with Crippen molar-refractivity contribution in [3.8, 4) is 0 Å². The van der Waals surface area contributed by atoms with Crippen LogP contribution in [0.25, 0.3) is 0 Å². The molecule has 0 saturated heterocycles. The number of hydrogen-bond donors (Lipinski definition) is 4. The first-order chi connectivity index (χ1) is 18.1. The first-order valence-corrected chi connectivity index (χ1v) is 12.4. The van der Waals surface area contributed by atoms with Gasteiger partial charge >= 0.3 is 24.0 Å². The third-order valence-corrected chi connectivity index (χ3v) is 4.99. The summed E-state index contributed by atoms with van der Waals surface area (Å²) < 4.78 is 10.5. The number of nitrogens with one attached hydrogen (secondary N) is 4. The maximum atomic E-state index is 12.2. The van der Waals surface area contributed by atoms with E-state index in [1.165, 1.54) is 0 Å². The van der Waals surface area contributed by atoms with E-state index in [0.29, 0.717) is 0 Å². The van der Waals surface area contributed by atoms with Crippen molar-refractivity contribution in [2.75, 3.05) is 13.2 Å². The van der Waals surface area contributed by atoms with Crippen LogP contribution >= 0.6 is 0 Å². The minimum absolute atomic E-state index is 0.0656. The Labute approximate surface area is 223 Å². The van der Waals surface area contributed by atoms with E-state index in [-0.39, 0.29) is 25.3 Å². The summed E-state index contributed by atoms with van der Waals surface area (Å²) >= 11 is 0. The molecule has 10 heteroatoms. The summed E-state index contributed by atoms with van der Waals surface area (Å²) in [6.07, 6.45) is 1.91. The quantitative estimate of drug-likeness (QED) is 0.248. The number of carbonyl (C=O) groups is 4. The molecule has 2 atom stereocenters. The molecule has 0 aliphatic heterocycles. The van der Waals surface area contributed by atoms with E-state index in [1.54, 1.807) is 24.3 Å². The fourth-order valence-electron chi connectivity index (χ4n) is 3.30. The highest BCUT2D eigenvalue weighted by molar-refractivity contribution is 5.91. The highest BCUT2D eigenvalue weighted by atomic mass is 16.5. The molecule has 10 nitrogen and oxygen atoms in total. The number of urea groups is 2. The van der Waals surface area contributed by atoms with Gasteiger partial charge in [0.1, 0.15) is 13.2 Å². The summed E-state index contributed by atoms with van der Waals surface area (Å²) in [4.78, 5) is 48.8. The molecule has 0 radical (unpaired) electrons. The number of ether oxygens (including phenoxy) is 2. The van der Waals surface area contributed by atoms with Crippen molar-refractivity contribution in [2.45, 2.75) is 51.9 Å². The van der Waals surface area contributed by atoms with Gasteiger partial charge in [-0.2, -0.15) is 0 Å². The smallest absolute Gasteiger partial charge is 0.331 e. The van der Waals surface area contributed by atoms with Gasteiger partial charge in [-0.15, -0.1) is 0 Å². The standard InChI is InChI=1S/C28H36N4O6/c1-19(2)29-27(35)31-23(21-11-7-5-8-12-21)17-37-25(33)15-16-26(34)38-18-24(22-13-9-6-10-14-22)32-28(36)30-20(3)4/h5-16,19-20,23-24H,17-18H2,1-4H3,(H2,29,31,35)(H2,30,32,36)/b16-15+/t23-,24-/m0/s1. The monoisotopic (exact) mass is 524 g/mol. The Kier molecular flexibility index (Phi) is 12.4. The van der Waals surface area contributed by atoms with Crippen molar-refractivity contribution in [3.63, 3.8) is 0 Å². The maximum Gasteiger partial charge on any atom is 0.331 e. The molecule has 0 fully saturated rings. The summed E-state index contributed by atoms with van der Waals surface area (Å²) in [5, 5.41) is 11.0. The van der Waals surface area contributed by atoms with Crippen LogP contribution in [0.5, 0.6) is 0 Å². The fraction of sp³-hybridized carbons (Fsp3) is 0.357. The second-order valence-corrected chi connectivity index (χ2v) is 9.06. The van der Waals surface area contributed by atoms with Gasteiger partial charge in [-0.25, -0.2) is 19.2 Å². The molecular weight excluding hydrogens is 488 g/mol. The van der Waals surface area contributed by atoms with E-state index < -0.39 is 36.1 Å². The number of carbonyl (C=O) groups excluding carboxylic acids is 4. The van der Waals surface area contributed by atoms with Crippen LogP contribution in [0.15, 0.2) is 72.8 Å². The maximum absolute atomic E-state index is 12.2. The van der Waals surface area contributed by atoms with Crippen LogP contribution in [0.1, 0.15) is 50.9 Å². The van der Waals surface area contributed by atoms with Gasteiger partial charge in [-0.05, 0) is 38.8 Å². The average Bonchev–Trinajstić information content (AvgIpc) is 2.87. The number of hydrogen-bond acceptors (Lipinski definition) is 6. The van der Waals surface area contributed by atoms with Crippen LogP contribution in [0.3, 0.4) is 0 Å². The van der Waals surface area contributed by atoms with Gasteiger partial charge < -0.3 is 30.7 Å². The van der Waals surface area contributed by atoms with E-state index in [2.05, 4.69) is 21.3 Å². The Bertz CT molecular complexity index is 988. The molecule has 0 aromatic heterocycles. The van der Waals surface area contributed by atoms with Gasteiger partial charge in [0.25, 0.3) is 0 Å². The van der Waals surface area contributed by atoms with E-state index >= 15 is 0 Å². The Morgan fingerprint density at radius 1 is 0.605 bits per heavy atom. The molecule has 0 unspecified atom stereocenters. The van der Waals surface area contributed by atoms with Crippen molar-refractivity contribution >= 4 is 24.0 Å². The highest BCUT2D eigenvalue weighted by Gasteiger charge is 2.18. The van der Waals surface area contributed by atoms with Gasteiger partial charge in [0.15, 0.2) is 0 Å². The third kappa shape index (κ3) is 11.6. The van der Waals surface area contributed by atoms with Crippen molar-refractivity contribution in [1.29, 1.82) is 0 Å². The molecule has 2 rings (SSSR count). The number of esters is 2. The zero-order chi connectivity index (χ0) is 27.9. The molecule has 2 aromatic rings. The summed E-state index contributed by atoms with van der Waals surface area (Å²) in [6.45, 7) is 7.05. The molecule has 204 valence electrons. The lowest BCUT2D eigenvalue weighted by atomic mass is 10.1. The van der Waals surface area contributed by atoms with Gasteiger partial charge in [-0.3, -0.25) is 0 Å². The van der Waals surface area contributed by atoms with Gasteiger partial charge in [-0.1, -0.05) is 60.7 Å². The Morgan fingerprint density at radius 3 is 1.26 bits per heavy atom. The van der Waals surface area contributed by atoms with E-state index in [4.69, 9.17) is 9.47 Å². The summed E-state index contributed by atoms with van der Waals surface area (Å²) in [7, 11) is 0. The second-order valence-electron chi connectivity index (χ2n) is 9.06. The molecule has 0 saturated carbocycles. The Morgan fingerprint density at radius 2 is 0.947 bits per heavy atom. The van der Waals surface area contributed by atoms with Crippen molar-refractivity contribution in [3.05, 3.63) is 83.9 Å². The first-order valence-electron chi connectivity index (χ1n) is 12.4. The molecule has 0 aliphatic rings. The third-order valence-electron chi connectivity index (χ3n) is 4.99. The lowest BCUT2D eigenvalue weighted by Gasteiger charge is -2.20. The normalized spacial score (nSPS) is 12.5. The largest absolute Gasteiger partial charge is 0.460 e. The molecule has 4 amide bonds. The molecule has 0 bridgehead atoms. The summed E-state index contributed by atoms with van der Waals surface area (Å²) in [5.41, 5.74) is 1.51. The van der Waals surface area contributed by atoms with Crippen LogP contribution in [-0.2, 0) is 19.1 Å². The average molecular weight is 525 g/mol. The Balaban J connectivity index is 1.92. The predicted molar refractivity (Wildman–Crippen MR) is 143 cm³/mol. The van der Waals surface area contributed by atoms with Crippen molar-refractivity contribution < 1.29 is 28.7 Å². The molecule has 0 heterocycles. The van der Waals surface area contributed by atoms with Crippen LogP contribution in [0, 0.1) is 0 Å². The number of amides is 4. The molecule has 38 heavy (non-hydrogen) atoms. The molecule has 4 N–H and O–H groups in total. The zero-order valence-electron chi connectivity index (χ0n) is 22.1. The zero-order valence-corrected chi connectivity index (χ0v) is 22.1. The van der Waals surface area contributed by atoms with Crippen LogP contribution in [-0.4, -0.2) is 49.3 Å². The van der Waals surface area contributed by atoms with Gasteiger partial charge in [0.05, 0.1) is 12.1 Å². The van der Waals surface area contributed by atoms with Crippen LogP contribution in [0.4, 0.5) is 9.59 Å². The highest BCUT2D eigenvalue weighted by Crippen LogP contribution is 2.14. The summed E-state index contributed by atoms with van der Waals surface area (Å²) in [6, 6.07) is 16.0. The topological polar surface area (TPSA) is 135 Å². The van der Waals surface area contributed by atoms with Crippen LogP contribution in [0.2, 0.25) is 0 Å². The lowest BCUT2D eigenvalue weighted by Crippen LogP contribution is -2.42. The minimum atomic E-state index is -0.775. The molecular formula is C28H36N4O6. The Hall–Kier alpha value is -4.34. The lowest BCUT2D eigenvalue weighted by molar-refractivity contribution is -0.141. The second kappa shape index (κ2) is 15.7. The molecule has 0 spiro atoms. The number of benzene rings is 2. The predicted octanol–water partition coefficient (Wildman–Crippen LogP) is 3.53. The van der Waals surface area contributed by atoms with Gasteiger partial charge in [0.2, 0.25) is 0 Å². The summed E-state index contributed by atoms with van der Waals surface area (Å²) in [5.74, 6) is -1.55.